The van der Waals surface area contributed by atoms with E-state index in [0.29, 0.717) is 12.1 Å². The van der Waals surface area contributed by atoms with Gasteiger partial charge in [-0.3, -0.25) is 0 Å². The van der Waals surface area contributed by atoms with Crippen LogP contribution < -0.4 is 10.1 Å². The Bertz CT molecular complexity index is 635. The molecule has 0 spiro atoms. The maximum absolute atomic E-state index is 9.94. The van der Waals surface area contributed by atoms with Crippen molar-refractivity contribution in [1.29, 1.82) is 5.26 Å². The van der Waals surface area contributed by atoms with E-state index < -0.39 is 6.10 Å². The Morgan fingerprint density at radius 2 is 2.05 bits per heavy atom. The van der Waals surface area contributed by atoms with Gasteiger partial charge in [-0.2, -0.15) is 5.26 Å². The molecule has 0 saturated heterocycles. The lowest BCUT2D eigenvalue weighted by Gasteiger charge is -2.15. The van der Waals surface area contributed by atoms with Crippen LogP contribution in [0.25, 0.3) is 0 Å². The Hall–Kier alpha value is -2.51. The Morgan fingerprint density at radius 1 is 1.24 bits per heavy atom. The van der Waals surface area contributed by atoms with Crippen LogP contribution in [-0.2, 0) is 0 Å². The number of aliphatic hydroxyl groups excluding tert-OH is 1. The van der Waals surface area contributed by atoms with Gasteiger partial charge in [0.1, 0.15) is 18.5 Å². The van der Waals surface area contributed by atoms with Crippen LogP contribution in [0, 0.1) is 18.3 Å². The summed E-state index contributed by atoms with van der Waals surface area (Å²) >= 11 is 0. The molecule has 0 fully saturated rings. The Balaban J connectivity index is 1.81. The molecule has 2 aromatic rings. The number of rotatable bonds is 6. The average Bonchev–Trinajstić information content (AvgIpc) is 2.52. The monoisotopic (exact) mass is 282 g/mol. The van der Waals surface area contributed by atoms with Crippen LogP contribution in [-0.4, -0.2) is 24.4 Å². The molecule has 2 rings (SSSR count). The number of anilines is 1. The van der Waals surface area contributed by atoms with Crippen LogP contribution in [0.2, 0.25) is 0 Å². The van der Waals surface area contributed by atoms with Crippen LogP contribution >= 0.6 is 0 Å². The summed E-state index contributed by atoms with van der Waals surface area (Å²) in [6.45, 7) is 2.55. The second kappa shape index (κ2) is 7.32. The summed E-state index contributed by atoms with van der Waals surface area (Å²) in [5.41, 5.74) is 2.44. The predicted molar refractivity (Wildman–Crippen MR) is 82.3 cm³/mol. The van der Waals surface area contributed by atoms with Crippen molar-refractivity contribution >= 4 is 5.69 Å². The molecule has 2 aromatic carbocycles. The minimum Gasteiger partial charge on any atom is -0.491 e. The lowest BCUT2D eigenvalue weighted by Crippen LogP contribution is -2.26. The first-order valence-electron chi connectivity index (χ1n) is 6.79. The lowest BCUT2D eigenvalue weighted by molar-refractivity contribution is 0.117. The standard InChI is InChI=1S/C17H18N2O2/c1-13-5-2-3-8-17(13)21-12-16(20)11-19-15-7-4-6-14(9-15)10-18/h2-9,16,19-20H,11-12H2,1H3. The summed E-state index contributed by atoms with van der Waals surface area (Å²) in [5.74, 6) is 0.781. The molecule has 108 valence electrons. The van der Waals surface area contributed by atoms with Gasteiger partial charge < -0.3 is 15.2 Å². The molecule has 4 heteroatoms. The first-order chi connectivity index (χ1) is 10.2. The van der Waals surface area contributed by atoms with Gasteiger partial charge in [0.05, 0.1) is 11.6 Å². The van der Waals surface area contributed by atoms with Crippen molar-refractivity contribution in [1.82, 2.24) is 0 Å². The fourth-order valence-corrected chi connectivity index (χ4v) is 1.90. The van der Waals surface area contributed by atoms with Crippen LogP contribution in [0.3, 0.4) is 0 Å². The van der Waals surface area contributed by atoms with Crippen molar-refractivity contribution in [2.24, 2.45) is 0 Å². The first kappa shape index (κ1) is 14.9. The molecule has 4 nitrogen and oxygen atoms in total. The van der Waals surface area contributed by atoms with Crippen LogP contribution in [0.5, 0.6) is 5.75 Å². The van der Waals surface area contributed by atoms with Gasteiger partial charge in [-0.15, -0.1) is 0 Å². The number of nitriles is 1. The second-order valence-electron chi connectivity index (χ2n) is 4.80. The van der Waals surface area contributed by atoms with Crippen molar-refractivity contribution in [2.45, 2.75) is 13.0 Å². The van der Waals surface area contributed by atoms with Gasteiger partial charge in [0.2, 0.25) is 0 Å². The number of aliphatic hydroxyl groups is 1. The van der Waals surface area contributed by atoms with E-state index in [1.807, 2.05) is 37.3 Å². The Labute approximate surface area is 124 Å². The van der Waals surface area contributed by atoms with Gasteiger partial charge >= 0.3 is 0 Å². The fraction of sp³-hybridized carbons (Fsp3) is 0.235. The molecule has 1 atom stereocenters. The maximum atomic E-state index is 9.94. The quantitative estimate of drug-likeness (QED) is 0.855. The Kier molecular flexibility index (Phi) is 5.19. The molecule has 0 aliphatic rings. The molecule has 0 saturated carbocycles. The van der Waals surface area contributed by atoms with E-state index in [1.165, 1.54) is 0 Å². The van der Waals surface area contributed by atoms with E-state index in [9.17, 15) is 5.11 Å². The number of nitrogens with one attached hydrogen (secondary N) is 1. The van der Waals surface area contributed by atoms with Gasteiger partial charge in [0.25, 0.3) is 0 Å². The summed E-state index contributed by atoms with van der Waals surface area (Å²) in [5, 5.41) is 21.9. The largest absolute Gasteiger partial charge is 0.491 e. The van der Waals surface area contributed by atoms with Crippen molar-refractivity contribution in [2.75, 3.05) is 18.5 Å². The van der Waals surface area contributed by atoms with Gasteiger partial charge in [0, 0.05) is 12.2 Å². The summed E-state index contributed by atoms with van der Waals surface area (Å²) in [4.78, 5) is 0. The zero-order valence-electron chi connectivity index (χ0n) is 11.9. The smallest absolute Gasteiger partial charge is 0.122 e. The molecule has 0 aliphatic carbocycles. The third-order valence-corrected chi connectivity index (χ3v) is 3.06. The third-order valence-electron chi connectivity index (χ3n) is 3.06. The van der Waals surface area contributed by atoms with E-state index in [2.05, 4.69) is 11.4 Å². The zero-order chi connectivity index (χ0) is 15.1. The van der Waals surface area contributed by atoms with E-state index in [-0.39, 0.29) is 6.61 Å². The van der Waals surface area contributed by atoms with Gasteiger partial charge in [-0.05, 0) is 36.8 Å². The number of benzene rings is 2. The lowest BCUT2D eigenvalue weighted by atomic mass is 10.2. The molecule has 0 bridgehead atoms. The normalized spacial score (nSPS) is 11.5. The summed E-state index contributed by atoms with van der Waals surface area (Å²) in [6, 6.07) is 16.9. The van der Waals surface area contributed by atoms with Crippen LogP contribution in [0.15, 0.2) is 48.5 Å². The summed E-state index contributed by atoms with van der Waals surface area (Å²) in [7, 11) is 0. The molecular weight excluding hydrogens is 264 g/mol. The van der Waals surface area contributed by atoms with E-state index >= 15 is 0 Å². The van der Waals surface area contributed by atoms with E-state index in [4.69, 9.17) is 10.00 Å². The molecule has 0 aromatic heterocycles. The number of aryl methyl sites for hydroxylation is 1. The van der Waals surface area contributed by atoms with E-state index in [1.54, 1.807) is 18.2 Å². The molecule has 0 radical (unpaired) electrons. The van der Waals surface area contributed by atoms with Gasteiger partial charge in [0.15, 0.2) is 0 Å². The molecule has 0 heterocycles. The minimum atomic E-state index is -0.629. The maximum Gasteiger partial charge on any atom is 0.122 e. The zero-order valence-corrected chi connectivity index (χ0v) is 11.9. The SMILES string of the molecule is Cc1ccccc1OCC(O)CNc1cccc(C#N)c1. The molecule has 1 unspecified atom stereocenters. The first-order valence-corrected chi connectivity index (χ1v) is 6.79. The van der Waals surface area contributed by atoms with E-state index in [0.717, 1.165) is 17.0 Å². The summed E-state index contributed by atoms with van der Waals surface area (Å²) in [6.07, 6.45) is -0.629. The highest BCUT2D eigenvalue weighted by atomic mass is 16.5. The van der Waals surface area contributed by atoms with Crippen LogP contribution in [0.4, 0.5) is 5.69 Å². The molecule has 0 aliphatic heterocycles. The number of ether oxygens (including phenoxy) is 1. The fourth-order valence-electron chi connectivity index (χ4n) is 1.90. The molecular formula is C17H18N2O2. The Morgan fingerprint density at radius 3 is 2.81 bits per heavy atom. The highest BCUT2D eigenvalue weighted by Crippen LogP contribution is 2.16. The third kappa shape index (κ3) is 4.51. The number of hydrogen-bond donors (Lipinski definition) is 2. The van der Waals surface area contributed by atoms with Gasteiger partial charge in [-0.25, -0.2) is 0 Å². The molecule has 2 N–H and O–H groups in total. The number of nitrogens with zero attached hydrogens (tertiary/aromatic N) is 1. The average molecular weight is 282 g/mol. The van der Waals surface area contributed by atoms with Crippen molar-refractivity contribution in [3.05, 3.63) is 59.7 Å². The number of hydrogen-bond acceptors (Lipinski definition) is 4. The van der Waals surface area contributed by atoms with Crippen LogP contribution in [0.1, 0.15) is 11.1 Å². The highest BCUT2D eigenvalue weighted by molar-refractivity contribution is 5.49. The topological polar surface area (TPSA) is 65.3 Å². The van der Waals surface area contributed by atoms with Gasteiger partial charge in [-0.1, -0.05) is 24.3 Å². The molecule has 21 heavy (non-hydrogen) atoms. The summed E-state index contributed by atoms with van der Waals surface area (Å²) < 4.78 is 5.59. The second-order valence-corrected chi connectivity index (χ2v) is 4.80. The molecule has 0 amide bonds. The van der Waals surface area contributed by atoms with Crippen molar-refractivity contribution in [3.63, 3.8) is 0 Å². The minimum absolute atomic E-state index is 0.218. The van der Waals surface area contributed by atoms with Crippen molar-refractivity contribution in [3.8, 4) is 11.8 Å². The van der Waals surface area contributed by atoms with Crippen molar-refractivity contribution < 1.29 is 9.84 Å². The predicted octanol–water partition coefficient (Wildman–Crippen LogP) is 2.72. The number of para-hydroxylation sites is 1. The highest BCUT2D eigenvalue weighted by Gasteiger charge is 2.06.